The lowest BCUT2D eigenvalue weighted by Crippen LogP contribution is -2.21. The van der Waals surface area contributed by atoms with E-state index in [2.05, 4.69) is 13.0 Å². The Morgan fingerprint density at radius 3 is 2.50 bits per heavy atom. The van der Waals surface area contributed by atoms with E-state index in [1.165, 1.54) is 31.2 Å². The van der Waals surface area contributed by atoms with Gasteiger partial charge in [-0.05, 0) is 54.9 Å². The van der Waals surface area contributed by atoms with Crippen LogP contribution in [-0.4, -0.2) is 5.78 Å². The Hall–Kier alpha value is -0.820. The van der Waals surface area contributed by atoms with Crippen molar-refractivity contribution in [3.63, 3.8) is 0 Å². The molecule has 0 heterocycles. The van der Waals surface area contributed by atoms with E-state index in [9.17, 15) is 4.79 Å². The SMILES string of the molecule is CC(=O)Cc1cc(C)cc(Cl)c1C1(C)CCCC1. The largest absolute Gasteiger partial charge is 0.300 e. The normalized spacial score (nSPS) is 18.0. The minimum absolute atomic E-state index is 0.162. The van der Waals surface area contributed by atoms with Crippen LogP contribution in [0.3, 0.4) is 0 Å². The van der Waals surface area contributed by atoms with Gasteiger partial charge in [0.05, 0.1) is 0 Å². The van der Waals surface area contributed by atoms with E-state index in [0.29, 0.717) is 6.42 Å². The molecule has 0 N–H and O–H groups in total. The average Bonchev–Trinajstić information content (AvgIpc) is 2.63. The van der Waals surface area contributed by atoms with E-state index < -0.39 is 0 Å². The molecule has 1 aromatic carbocycles. The maximum Gasteiger partial charge on any atom is 0.134 e. The van der Waals surface area contributed by atoms with Crippen LogP contribution in [0.15, 0.2) is 12.1 Å². The Morgan fingerprint density at radius 1 is 1.33 bits per heavy atom. The Balaban J connectivity index is 2.53. The molecule has 2 rings (SSSR count). The zero-order valence-corrected chi connectivity index (χ0v) is 12.2. The lowest BCUT2D eigenvalue weighted by Gasteiger charge is -2.28. The molecule has 0 amide bonds. The molecule has 1 nitrogen and oxygen atoms in total. The maximum atomic E-state index is 11.5. The molecule has 98 valence electrons. The number of halogens is 1. The van der Waals surface area contributed by atoms with Crippen molar-refractivity contribution in [3.8, 4) is 0 Å². The van der Waals surface area contributed by atoms with Gasteiger partial charge in [-0.2, -0.15) is 0 Å². The molecule has 1 aliphatic rings. The molecule has 0 radical (unpaired) electrons. The predicted molar refractivity (Wildman–Crippen MR) is 76.4 cm³/mol. The number of Topliss-reactive ketones (excluding diaryl/α,β-unsaturated/α-hetero) is 1. The summed E-state index contributed by atoms with van der Waals surface area (Å²) in [6.07, 6.45) is 5.40. The summed E-state index contributed by atoms with van der Waals surface area (Å²) < 4.78 is 0. The predicted octanol–water partition coefficient (Wildman–Crippen LogP) is 4.61. The molecule has 1 saturated carbocycles. The van der Waals surface area contributed by atoms with Crippen molar-refractivity contribution in [2.45, 2.75) is 58.3 Å². The van der Waals surface area contributed by atoms with Crippen molar-refractivity contribution in [3.05, 3.63) is 33.8 Å². The molecule has 1 aromatic rings. The van der Waals surface area contributed by atoms with Crippen LogP contribution in [0.5, 0.6) is 0 Å². The summed E-state index contributed by atoms with van der Waals surface area (Å²) in [6.45, 7) is 5.98. The monoisotopic (exact) mass is 264 g/mol. The van der Waals surface area contributed by atoms with Crippen LogP contribution in [0, 0.1) is 6.92 Å². The summed E-state index contributed by atoms with van der Waals surface area (Å²) in [5, 5.41) is 0.843. The van der Waals surface area contributed by atoms with Crippen LogP contribution in [0.2, 0.25) is 5.02 Å². The van der Waals surface area contributed by atoms with E-state index in [1.807, 2.05) is 13.0 Å². The van der Waals surface area contributed by atoms with Crippen LogP contribution in [0.25, 0.3) is 0 Å². The Bertz CT molecular complexity index is 470. The van der Waals surface area contributed by atoms with E-state index in [0.717, 1.165) is 16.1 Å². The van der Waals surface area contributed by atoms with Gasteiger partial charge in [-0.3, -0.25) is 4.79 Å². The molecular formula is C16H21ClO. The summed E-state index contributed by atoms with van der Waals surface area (Å²) in [5.41, 5.74) is 3.66. The van der Waals surface area contributed by atoms with Gasteiger partial charge in [0, 0.05) is 11.4 Å². The number of benzene rings is 1. The third-order valence-electron chi connectivity index (χ3n) is 4.07. The highest BCUT2D eigenvalue weighted by Crippen LogP contribution is 2.45. The molecule has 0 spiro atoms. The first kappa shape index (κ1) is 13.6. The van der Waals surface area contributed by atoms with Gasteiger partial charge in [0.15, 0.2) is 0 Å². The van der Waals surface area contributed by atoms with Crippen LogP contribution in [0.1, 0.15) is 56.2 Å². The Labute approximate surface area is 115 Å². The number of carbonyl (C=O) groups excluding carboxylic acids is 1. The molecule has 0 unspecified atom stereocenters. The summed E-state index contributed by atoms with van der Waals surface area (Å²) in [7, 11) is 0. The first-order chi connectivity index (χ1) is 8.42. The average molecular weight is 265 g/mol. The van der Waals surface area contributed by atoms with Gasteiger partial charge in [0.2, 0.25) is 0 Å². The third-order valence-corrected chi connectivity index (χ3v) is 4.36. The number of rotatable bonds is 3. The van der Waals surface area contributed by atoms with Crippen molar-refractivity contribution >= 4 is 17.4 Å². The standard InChI is InChI=1S/C16H21ClO/c1-11-8-13(10-12(2)18)15(14(17)9-11)16(3)6-4-5-7-16/h8-9H,4-7,10H2,1-3H3. The van der Waals surface area contributed by atoms with Crippen LogP contribution in [0.4, 0.5) is 0 Å². The van der Waals surface area contributed by atoms with Crippen LogP contribution < -0.4 is 0 Å². The second-order valence-electron chi connectivity index (χ2n) is 5.93. The van der Waals surface area contributed by atoms with Gasteiger partial charge in [-0.1, -0.05) is 37.4 Å². The molecular weight excluding hydrogens is 244 g/mol. The van der Waals surface area contributed by atoms with Gasteiger partial charge >= 0.3 is 0 Å². The van der Waals surface area contributed by atoms with Crippen molar-refractivity contribution in [2.24, 2.45) is 0 Å². The molecule has 2 heteroatoms. The van der Waals surface area contributed by atoms with Gasteiger partial charge in [-0.25, -0.2) is 0 Å². The molecule has 1 aliphatic carbocycles. The fourth-order valence-corrected chi connectivity index (χ4v) is 3.82. The van der Waals surface area contributed by atoms with Crippen LogP contribution in [-0.2, 0) is 16.6 Å². The summed E-state index contributed by atoms with van der Waals surface area (Å²) in [4.78, 5) is 11.5. The fourth-order valence-electron chi connectivity index (χ4n) is 3.30. The summed E-state index contributed by atoms with van der Waals surface area (Å²) >= 11 is 6.48. The van der Waals surface area contributed by atoms with Gasteiger partial charge in [0.25, 0.3) is 0 Å². The van der Waals surface area contributed by atoms with Gasteiger partial charge < -0.3 is 0 Å². The highest BCUT2D eigenvalue weighted by molar-refractivity contribution is 6.31. The first-order valence-electron chi connectivity index (χ1n) is 6.71. The van der Waals surface area contributed by atoms with Gasteiger partial charge in [0.1, 0.15) is 5.78 Å². The van der Waals surface area contributed by atoms with Crippen molar-refractivity contribution < 1.29 is 4.79 Å². The van der Waals surface area contributed by atoms with Gasteiger partial charge in [-0.15, -0.1) is 0 Å². The zero-order chi connectivity index (χ0) is 13.3. The maximum absolute atomic E-state index is 11.5. The minimum Gasteiger partial charge on any atom is -0.300 e. The number of ketones is 1. The Kier molecular flexibility index (Phi) is 3.82. The van der Waals surface area contributed by atoms with E-state index in [-0.39, 0.29) is 11.2 Å². The number of hydrogen-bond donors (Lipinski definition) is 0. The lowest BCUT2D eigenvalue weighted by molar-refractivity contribution is -0.116. The highest BCUT2D eigenvalue weighted by Gasteiger charge is 2.34. The summed E-state index contributed by atoms with van der Waals surface area (Å²) in [5.74, 6) is 0.208. The number of aryl methyl sites for hydroxylation is 1. The van der Waals surface area contributed by atoms with E-state index >= 15 is 0 Å². The van der Waals surface area contributed by atoms with Crippen molar-refractivity contribution in [1.29, 1.82) is 0 Å². The second-order valence-corrected chi connectivity index (χ2v) is 6.33. The number of carbonyl (C=O) groups is 1. The molecule has 0 aromatic heterocycles. The smallest absolute Gasteiger partial charge is 0.134 e. The van der Waals surface area contributed by atoms with Crippen molar-refractivity contribution in [2.75, 3.05) is 0 Å². The zero-order valence-electron chi connectivity index (χ0n) is 11.5. The fraction of sp³-hybridized carbons (Fsp3) is 0.562. The number of hydrogen-bond acceptors (Lipinski definition) is 1. The first-order valence-corrected chi connectivity index (χ1v) is 7.09. The Morgan fingerprint density at radius 2 is 1.94 bits per heavy atom. The van der Waals surface area contributed by atoms with E-state index in [4.69, 9.17) is 11.6 Å². The second kappa shape index (κ2) is 5.05. The van der Waals surface area contributed by atoms with E-state index in [1.54, 1.807) is 6.92 Å². The third kappa shape index (κ3) is 2.61. The molecule has 0 atom stereocenters. The summed E-state index contributed by atoms with van der Waals surface area (Å²) in [6, 6.07) is 4.16. The quantitative estimate of drug-likeness (QED) is 0.779. The highest BCUT2D eigenvalue weighted by atomic mass is 35.5. The topological polar surface area (TPSA) is 17.1 Å². The van der Waals surface area contributed by atoms with Crippen LogP contribution >= 0.6 is 11.6 Å². The molecule has 0 bridgehead atoms. The van der Waals surface area contributed by atoms with Crippen molar-refractivity contribution in [1.82, 2.24) is 0 Å². The lowest BCUT2D eigenvalue weighted by atomic mass is 9.77. The minimum atomic E-state index is 0.162. The molecule has 18 heavy (non-hydrogen) atoms. The molecule has 0 aliphatic heterocycles. The molecule has 1 fully saturated rings. The molecule has 0 saturated heterocycles.